The third-order valence-corrected chi connectivity index (χ3v) is 0.881. The number of H-pyrrole nitrogens is 2. The number of rotatable bonds is 0. The molecule has 1 heterocycles. The zero-order chi connectivity index (χ0) is 7.72. The van der Waals surface area contributed by atoms with Gasteiger partial charge in [-0.05, 0) is 0 Å². The molecule has 0 bridgehead atoms. The van der Waals surface area contributed by atoms with Gasteiger partial charge in [-0.15, -0.1) is 0 Å². The molecule has 0 radical (unpaired) electrons. The van der Waals surface area contributed by atoms with Gasteiger partial charge in [0.15, 0.2) is 0 Å². The summed E-state index contributed by atoms with van der Waals surface area (Å²) in [6, 6.07) is 0. The Hall–Kier alpha value is -1.46. The quantitative estimate of drug-likeness (QED) is 0.513. The summed E-state index contributed by atoms with van der Waals surface area (Å²) < 4.78 is 24.1. The van der Waals surface area contributed by atoms with Crippen molar-refractivity contribution < 1.29 is 8.78 Å². The van der Waals surface area contributed by atoms with Gasteiger partial charge in [-0.1, -0.05) is 0 Å². The SMILES string of the molecule is O=c1[nH][nH]c(=O)c(F)c1F. The van der Waals surface area contributed by atoms with E-state index in [9.17, 15) is 18.4 Å². The van der Waals surface area contributed by atoms with Crippen LogP contribution in [0.5, 0.6) is 0 Å². The van der Waals surface area contributed by atoms with Gasteiger partial charge in [-0.25, -0.2) is 0 Å². The Labute approximate surface area is 52.5 Å². The second-order valence-electron chi connectivity index (χ2n) is 1.54. The Morgan fingerprint density at radius 1 is 0.900 bits per heavy atom. The summed E-state index contributed by atoms with van der Waals surface area (Å²) in [5.74, 6) is -3.38. The Bertz CT molecular complexity index is 318. The van der Waals surface area contributed by atoms with Gasteiger partial charge in [0.2, 0.25) is 11.6 Å². The van der Waals surface area contributed by atoms with E-state index < -0.39 is 22.8 Å². The molecule has 10 heavy (non-hydrogen) atoms. The van der Waals surface area contributed by atoms with E-state index in [0.29, 0.717) is 0 Å². The van der Waals surface area contributed by atoms with Crippen LogP contribution in [-0.2, 0) is 0 Å². The van der Waals surface area contributed by atoms with E-state index in [2.05, 4.69) is 0 Å². The van der Waals surface area contributed by atoms with Crippen LogP contribution in [0.25, 0.3) is 0 Å². The van der Waals surface area contributed by atoms with Crippen LogP contribution in [0.1, 0.15) is 0 Å². The maximum Gasteiger partial charge on any atom is 0.301 e. The monoisotopic (exact) mass is 148 g/mol. The molecular weight excluding hydrogens is 146 g/mol. The van der Waals surface area contributed by atoms with Crippen molar-refractivity contribution in [3.05, 3.63) is 32.3 Å². The minimum absolute atomic E-state index is 1.28. The van der Waals surface area contributed by atoms with Crippen molar-refractivity contribution in [2.45, 2.75) is 0 Å². The molecule has 0 atom stereocenters. The van der Waals surface area contributed by atoms with Gasteiger partial charge in [-0.3, -0.25) is 19.8 Å². The molecule has 1 rings (SSSR count). The molecule has 0 aromatic carbocycles. The van der Waals surface area contributed by atoms with Crippen LogP contribution in [0.4, 0.5) is 8.78 Å². The van der Waals surface area contributed by atoms with Crippen LogP contribution in [-0.4, -0.2) is 10.2 Å². The predicted octanol–water partition coefficient (Wildman–Crippen LogP) is -0.659. The van der Waals surface area contributed by atoms with E-state index in [1.807, 2.05) is 0 Å². The summed E-state index contributed by atoms with van der Waals surface area (Å²) in [7, 11) is 0. The smallest absolute Gasteiger partial charge is 0.265 e. The molecule has 0 saturated heterocycles. The third kappa shape index (κ3) is 0.831. The highest BCUT2D eigenvalue weighted by molar-refractivity contribution is 4.92. The van der Waals surface area contributed by atoms with Crippen LogP contribution in [0.3, 0.4) is 0 Å². The van der Waals surface area contributed by atoms with Gasteiger partial charge in [0, 0.05) is 0 Å². The van der Waals surface area contributed by atoms with E-state index in [4.69, 9.17) is 0 Å². The first kappa shape index (κ1) is 6.66. The van der Waals surface area contributed by atoms with Crippen molar-refractivity contribution >= 4 is 0 Å². The Morgan fingerprint density at radius 3 is 1.50 bits per heavy atom. The van der Waals surface area contributed by atoms with Crippen molar-refractivity contribution in [3.63, 3.8) is 0 Å². The molecule has 1 aromatic rings. The zero-order valence-corrected chi connectivity index (χ0v) is 4.57. The van der Waals surface area contributed by atoms with Gasteiger partial charge in [0.25, 0.3) is 0 Å². The summed E-state index contributed by atoms with van der Waals surface area (Å²) in [5, 5.41) is 3.20. The van der Waals surface area contributed by atoms with Crippen molar-refractivity contribution in [2.24, 2.45) is 0 Å². The van der Waals surface area contributed by atoms with Gasteiger partial charge in [0.1, 0.15) is 0 Å². The maximum atomic E-state index is 12.1. The average molecular weight is 148 g/mol. The molecule has 2 N–H and O–H groups in total. The van der Waals surface area contributed by atoms with Gasteiger partial charge >= 0.3 is 11.1 Å². The maximum absolute atomic E-state index is 12.1. The summed E-state index contributed by atoms with van der Waals surface area (Å²) >= 11 is 0. The summed E-state index contributed by atoms with van der Waals surface area (Å²) in [4.78, 5) is 20.3. The minimum atomic E-state index is -1.69. The molecule has 54 valence electrons. The molecule has 0 amide bonds. The topological polar surface area (TPSA) is 65.7 Å². The molecular formula is C4H2F2N2O2. The second kappa shape index (κ2) is 2.05. The minimum Gasteiger partial charge on any atom is -0.265 e. The largest absolute Gasteiger partial charge is 0.301 e. The highest BCUT2D eigenvalue weighted by Crippen LogP contribution is 1.87. The van der Waals surface area contributed by atoms with Gasteiger partial charge < -0.3 is 0 Å². The number of hydrogen-bond acceptors (Lipinski definition) is 2. The summed E-state index contributed by atoms with van der Waals surface area (Å²) in [6.45, 7) is 0. The Morgan fingerprint density at radius 2 is 1.20 bits per heavy atom. The number of nitrogens with one attached hydrogen (secondary N) is 2. The van der Waals surface area contributed by atoms with Crippen LogP contribution in [0, 0.1) is 11.6 Å². The lowest BCUT2D eigenvalue weighted by molar-refractivity contribution is 0.476. The Balaban J connectivity index is 3.65. The fourth-order valence-electron chi connectivity index (χ4n) is 0.423. The number of hydrogen-bond donors (Lipinski definition) is 2. The molecule has 0 aliphatic carbocycles. The first-order valence-corrected chi connectivity index (χ1v) is 2.29. The van der Waals surface area contributed by atoms with Crippen LogP contribution in [0.15, 0.2) is 9.59 Å². The number of halogens is 2. The molecule has 0 aliphatic rings. The van der Waals surface area contributed by atoms with Gasteiger partial charge in [0.05, 0.1) is 0 Å². The third-order valence-electron chi connectivity index (χ3n) is 0.881. The first-order valence-electron chi connectivity index (χ1n) is 2.29. The normalized spacial score (nSPS) is 9.80. The lowest BCUT2D eigenvalue weighted by atomic mass is 10.5. The van der Waals surface area contributed by atoms with Crippen LogP contribution in [0.2, 0.25) is 0 Å². The van der Waals surface area contributed by atoms with E-state index in [1.54, 1.807) is 10.2 Å². The van der Waals surface area contributed by atoms with E-state index >= 15 is 0 Å². The predicted molar refractivity (Wildman–Crippen MR) is 27.6 cm³/mol. The molecule has 1 aromatic heterocycles. The first-order chi connectivity index (χ1) is 4.63. The molecule has 6 heteroatoms. The fourth-order valence-corrected chi connectivity index (χ4v) is 0.423. The highest BCUT2D eigenvalue weighted by atomic mass is 19.2. The van der Waals surface area contributed by atoms with Crippen molar-refractivity contribution in [3.8, 4) is 0 Å². The van der Waals surface area contributed by atoms with Crippen LogP contribution < -0.4 is 11.1 Å². The molecule has 0 spiro atoms. The lowest BCUT2D eigenvalue weighted by Crippen LogP contribution is -2.25. The zero-order valence-electron chi connectivity index (χ0n) is 4.57. The van der Waals surface area contributed by atoms with Crippen LogP contribution >= 0.6 is 0 Å². The van der Waals surface area contributed by atoms with E-state index in [0.717, 1.165) is 0 Å². The molecule has 0 saturated carbocycles. The van der Waals surface area contributed by atoms with E-state index in [1.165, 1.54) is 0 Å². The highest BCUT2D eigenvalue weighted by Gasteiger charge is 2.08. The molecule has 0 fully saturated rings. The van der Waals surface area contributed by atoms with Crippen molar-refractivity contribution in [1.29, 1.82) is 0 Å². The standard InChI is InChI=1S/C4H2F2N2O2/c5-1-2(6)4(10)8-7-3(1)9/h(H,7,9)(H,8,10). The summed E-state index contributed by atoms with van der Waals surface area (Å²) in [6.07, 6.45) is 0. The van der Waals surface area contributed by atoms with Crippen molar-refractivity contribution in [2.75, 3.05) is 0 Å². The lowest BCUT2D eigenvalue weighted by Gasteiger charge is -1.86. The molecule has 0 aliphatic heterocycles. The average Bonchev–Trinajstić information content (AvgIpc) is 1.93. The number of aromatic amines is 2. The molecule has 4 nitrogen and oxygen atoms in total. The van der Waals surface area contributed by atoms with Crippen molar-refractivity contribution in [1.82, 2.24) is 10.2 Å². The number of aromatic nitrogens is 2. The summed E-state index contributed by atoms with van der Waals surface area (Å²) in [5.41, 5.74) is -2.56. The fraction of sp³-hybridized carbons (Fsp3) is 0. The van der Waals surface area contributed by atoms with E-state index in [-0.39, 0.29) is 0 Å². The Kier molecular flexibility index (Phi) is 1.37. The second-order valence-corrected chi connectivity index (χ2v) is 1.54. The van der Waals surface area contributed by atoms with Gasteiger partial charge in [-0.2, -0.15) is 8.78 Å². The molecule has 0 unspecified atom stereocenters.